The highest BCUT2D eigenvalue weighted by Gasteiger charge is 2.14. The van der Waals surface area contributed by atoms with E-state index < -0.39 is 16.9 Å². The molecule has 2 rings (SSSR count). The van der Waals surface area contributed by atoms with Crippen LogP contribution in [-0.4, -0.2) is 15.2 Å². The van der Waals surface area contributed by atoms with E-state index in [1.54, 1.807) is 25.1 Å². The van der Waals surface area contributed by atoms with Crippen LogP contribution in [0.25, 0.3) is 0 Å². The van der Waals surface area contributed by atoms with E-state index in [1.165, 1.54) is 6.92 Å². The molecule has 0 radical (unpaired) electrons. The zero-order chi connectivity index (χ0) is 15.4. The van der Waals surface area contributed by atoms with Crippen LogP contribution in [0.15, 0.2) is 52.4 Å². The van der Waals surface area contributed by atoms with Gasteiger partial charge in [0.15, 0.2) is 0 Å². The van der Waals surface area contributed by atoms with Crippen molar-refractivity contribution >= 4 is 16.8 Å². The molecule has 110 valence electrons. The lowest BCUT2D eigenvalue weighted by Gasteiger charge is -2.12. The summed E-state index contributed by atoms with van der Waals surface area (Å²) in [7, 11) is -1.35. The summed E-state index contributed by atoms with van der Waals surface area (Å²) in [5.74, 6) is -0.366. The number of nitrogens with zero attached hydrogens (tertiary/aromatic N) is 1. The van der Waals surface area contributed by atoms with Crippen molar-refractivity contribution in [3.05, 3.63) is 53.7 Å². The Morgan fingerprint density at radius 3 is 2.48 bits per heavy atom. The lowest BCUT2D eigenvalue weighted by atomic mass is 10.2. The molecule has 2 unspecified atom stereocenters. The molecular weight excluding hydrogens is 286 g/mol. The first-order valence-electron chi connectivity index (χ1n) is 6.60. The van der Waals surface area contributed by atoms with Gasteiger partial charge in [0.05, 0.1) is 5.69 Å². The minimum absolute atomic E-state index is 0.366. The number of pyridine rings is 1. The Morgan fingerprint density at radius 1 is 1.19 bits per heavy atom. The lowest BCUT2D eigenvalue weighted by molar-refractivity contribution is -0.146. The van der Waals surface area contributed by atoms with E-state index in [0.717, 1.165) is 5.56 Å². The van der Waals surface area contributed by atoms with E-state index in [1.807, 2.05) is 31.2 Å². The van der Waals surface area contributed by atoms with Gasteiger partial charge in [0.1, 0.15) is 21.9 Å². The monoisotopic (exact) mass is 303 g/mol. The second kappa shape index (κ2) is 6.63. The largest absolute Gasteiger partial charge is 0.456 e. The number of aryl methyl sites for hydroxylation is 1. The van der Waals surface area contributed by atoms with Crippen LogP contribution in [-0.2, 0) is 20.3 Å². The van der Waals surface area contributed by atoms with Crippen molar-refractivity contribution in [2.75, 3.05) is 0 Å². The minimum Gasteiger partial charge on any atom is -0.456 e. The van der Waals surface area contributed by atoms with Crippen molar-refractivity contribution in [3.8, 4) is 0 Å². The van der Waals surface area contributed by atoms with Crippen LogP contribution < -0.4 is 0 Å². The van der Waals surface area contributed by atoms with Crippen LogP contribution in [0, 0.1) is 6.92 Å². The number of rotatable bonds is 4. The number of hydrogen-bond acceptors (Lipinski definition) is 4. The molecule has 4 nitrogen and oxygen atoms in total. The first-order valence-corrected chi connectivity index (χ1v) is 7.75. The molecule has 0 spiro atoms. The highest BCUT2D eigenvalue weighted by Crippen LogP contribution is 2.19. The Labute approximate surface area is 126 Å². The summed E-state index contributed by atoms with van der Waals surface area (Å²) in [5, 5.41) is 0.454. The van der Waals surface area contributed by atoms with E-state index in [2.05, 4.69) is 4.98 Å². The predicted molar refractivity (Wildman–Crippen MR) is 80.3 cm³/mol. The lowest BCUT2D eigenvalue weighted by Crippen LogP contribution is -2.08. The van der Waals surface area contributed by atoms with Crippen molar-refractivity contribution in [1.82, 2.24) is 4.98 Å². The fraction of sp³-hybridized carbons (Fsp3) is 0.250. The average Bonchev–Trinajstić information content (AvgIpc) is 2.47. The van der Waals surface area contributed by atoms with Gasteiger partial charge in [0.25, 0.3) is 0 Å². The van der Waals surface area contributed by atoms with Gasteiger partial charge >= 0.3 is 5.97 Å². The van der Waals surface area contributed by atoms with E-state index in [9.17, 15) is 9.00 Å². The van der Waals surface area contributed by atoms with Crippen LogP contribution in [0.4, 0.5) is 0 Å². The molecule has 1 heterocycles. The Bertz CT molecular complexity index is 667. The van der Waals surface area contributed by atoms with Crippen molar-refractivity contribution < 1.29 is 13.7 Å². The maximum Gasteiger partial charge on any atom is 0.303 e. The Morgan fingerprint density at radius 2 is 1.86 bits per heavy atom. The quantitative estimate of drug-likeness (QED) is 0.814. The smallest absolute Gasteiger partial charge is 0.303 e. The third kappa shape index (κ3) is 3.98. The van der Waals surface area contributed by atoms with Crippen molar-refractivity contribution in [2.45, 2.75) is 36.8 Å². The van der Waals surface area contributed by atoms with Gasteiger partial charge in [-0.25, -0.2) is 9.19 Å². The molecule has 0 amide bonds. The summed E-state index contributed by atoms with van der Waals surface area (Å²) >= 11 is 0. The molecule has 0 aliphatic rings. The van der Waals surface area contributed by atoms with E-state index in [0.29, 0.717) is 15.6 Å². The molecule has 0 fully saturated rings. The van der Waals surface area contributed by atoms with Crippen LogP contribution in [0.2, 0.25) is 0 Å². The molecule has 0 saturated heterocycles. The molecule has 0 aliphatic carbocycles. The number of esters is 1. The van der Waals surface area contributed by atoms with Crippen molar-refractivity contribution in [3.63, 3.8) is 0 Å². The molecule has 0 N–H and O–H groups in total. The number of carbonyl (C=O) groups excluding carboxylic acids is 1. The molecule has 5 heteroatoms. The molecule has 0 aliphatic heterocycles. The van der Waals surface area contributed by atoms with Gasteiger partial charge in [-0.1, -0.05) is 23.8 Å². The highest BCUT2D eigenvalue weighted by atomic mass is 32.2. The van der Waals surface area contributed by atoms with Crippen molar-refractivity contribution in [1.29, 1.82) is 0 Å². The fourth-order valence-corrected chi connectivity index (χ4v) is 2.87. The molecule has 1 aromatic carbocycles. The van der Waals surface area contributed by atoms with E-state index >= 15 is 0 Å². The van der Waals surface area contributed by atoms with E-state index in [4.69, 9.17) is 4.74 Å². The SMILES string of the molecule is CC(=O)OC(C)c1cccc(S(=O)c2ccc(C)cc2)n1. The van der Waals surface area contributed by atoms with Crippen LogP contribution >= 0.6 is 0 Å². The summed E-state index contributed by atoms with van der Waals surface area (Å²) < 4.78 is 17.6. The molecular formula is C16H17NO3S. The molecule has 0 saturated carbocycles. The van der Waals surface area contributed by atoms with Gasteiger partial charge in [-0.15, -0.1) is 0 Å². The van der Waals surface area contributed by atoms with Gasteiger partial charge in [0.2, 0.25) is 0 Å². The summed E-state index contributed by atoms with van der Waals surface area (Å²) in [4.78, 5) is 16.0. The second-order valence-corrected chi connectivity index (χ2v) is 6.16. The molecule has 2 atom stereocenters. The van der Waals surface area contributed by atoms with Crippen LogP contribution in [0.1, 0.15) is 31.2 Å². The molecule has 2 aromatic rings. The number of carbonyl (C=O) groups is 1. The second-order valence-electron chi connectivity index (χ2n) is 4.73. The fourth-order valence-electron chi connectivity index (χ4n) is 1.85. The van der Waals surface area contributed by atoms with Gasteiger partial charge < -0.3 is 4.74 Å². The van der Waals surface area contributed by atoms with Gasteiger partial charge in [-0.3, -0.25) is 4.79 Å². The number of benzene rings is 1. The minimum atomic E-state index is -1.35. The third-order valence-electron chi connectivity index (χ3n) is 2.93. The summed E-state index contributed by atoms with van der Waals surface area (Å²) in [5.41, 5.74) is 1.70. The number of hydrogen-bond donors (Lipinski definition) is 0. The van der Waals surface area contributed by atoms with E-state index in [-0.39, 0.29) is 5.97 Å². The molecule has 1 aromatic heterocycles. The Hall–Kier alpha value is -2.01. The summed E-state index contributed by atoms with van der Waals surface area (Å²) in [6.45, 7) is 5.07. The molecule has 0 bridgehead atoms. The number of ether oxygens (including phenoxy) is 1. The first-order chi connectivity index (χ1) is 9.97. The maximum absolute atomic E-state index is 12.5. The topological polar surface area (TPSA) is 56.3 Å². The zero-order valence-electron chi connectivity index (χ0n) is 12.2. The standard InChI is InChI=1S/C16H17NO3S/c1-11-7-9-14(10-8-11)21(19)16-6-4-5-15(17-16)12(2)20-13(3)18/h4-10,12H,1-3H3. The summed E-state index contributed by atoms with van der Waals surface area (Å²) in [6.07, 6.45) is -0.461. The average molecular weight is 303 g/mol. The Kier molecular flexibility index (Phi) is 4.85. The molecule has 21 heavy (non-hydrogen) atoms. The van der Waals surface area contributed by atoms with Crippen molar-refractivity contribution in [2.24, 2.45) is 0 Å². The Balaban J connectivity index is 2.26. The van der Waals surface area contributed by atoms with Crippen LogP contribution in [0.5, 0.6) is 0 Å². The van der Waals surface area contributed by atoms with Gasteiger partial charge in [-0.2, -0.15) is 0 Å². The number of aromatic nitrogens is 1. The zero-order valence-corrected chi connectivity index (χ0v) is 13.0. The highest BCUT2D eigenvalue weighted by molar-refractivity contribution is 7.85. The predicted octanol–water partition coefficient (Wildman–Crippen LogP) is 3.18. The third-order valence-corrected chi connectivity index (χ3v) is 4.24. The maximum atomic E-state index is 12.5. The first kappa shape index (κ1) is 15.4. The van der Waals surface area contributed by atoms with Crippen LogP contribution in [0.3, 0.4) is 0 Å². The van der Waals surface area contributed by atoms with Gasteiger partial charge in [0, 0.05) is 11.8 Å². The summed E-state index contributed by atoms with van der Waals surface area (Å²) in [6, 6.07) is 12.7. The normalized spacial score (nSPS) is 13.5. The van der Waals surface area contributed by atoms with Gasteiger partial charge in [-0.05, 0) is 38.1 Å².